The van der Waals surface area contributed by atoms with Gasteiger partial charge in [-0.3, -0.25) is 9.58 Å². The SMILES string of the molecule is O=C(Nc1cccc(N2CCOC2=O)c1)Nc1cnn(Cc2cn3ccccc3n2)c1. The number of benzene rings is 1. The Bertz CT molecular complexity index is 1230. The number of fused-ring (bicyclic) bond motifs is 1. The highest BCUT2D eigenvalue weighted by Gasteiger charge is 2.23. The van der Waals surface area contributed by atoms with Crippen LogP contribution in [0.5, 0.6) is 0 Å². The average Bonchev–Trinajstić information content (AvgIpc) is 3.48. The normalized spacial score (nSPS) is 13.4. The quantitative estimate of drug-likeness (QED) is 0.519. The van der Waals surface area contributed by atoms with Crippen molar-refractivity contribution >= 4 is 34.8 Å². The number of hydrogen-bond donors (Lipinski definition) is 2. The van der Waals surface area contributed by atoms with Crippen LogP contribution in [0.4, 0.5) is 26.7 Å². The summed E-state index contributed by atoms with van der Waals surface area (Å²) >= 11 is 0. The number of nitrogens with one attached hydrogen (secondary N) is 2. The molecule has 0 radical (unpaired) electrons. The number of imidazole rings is 1. The minimum atomic E-state index is -0.409. The number of hydrogen-bond acceptors (Lipinski definition) is 5. The van der Waals surface area contributed by atoms with Gasteiger partial charge in [-0.15, -0.1) is 0 Å². The molecule has 1 fully saturated rings. The van der Waals surface area contributed by atoms with E-state index in [0.29, 0.717) is 36.8 Å². The van der Waals surface area contributed by atoms with Crippen LogP contribution in [0.1, 0.15) is 5.69 Å². The zero-order valence-electron chi connectivity index (χ0n) is 16.4. The Morgan fingerprint density at radius 3 is 2.84 bits per heavy atom. The van der Waals surface area contributed by atoms with E-state index in [4.69, 9.17) is 4.74 Å². The van der Waals surface area contributed by atoms with Gasteiger partial charge in [0.2, 0.25) is 0 Å². The molecule has 31 heavy (non-hydrogen) atoms. The lowest BCUT2D eigenvalue weighted by Gasteiger charge is -2.14. The standard InChI is InChI=1S/C21H19N7O3/c29-20(24-15-4-3-5-18(10-15)28-8-9-31-21(28)30)25-16-11-22-27(13-16)14-17-12-26-7-2-1-6-19(26)23-17/h1-7,10-13H,8-9,14H2,(H2,24,25,29). The summed E-state index contributed by atoms with van der Waals surface area (Å²) in [6.07, 6.45) is 6.81. The first kappa shape index (κ1) is 18.7. The third kappa shape index (κ3) is 4.04. The van der Waals surface area contributed by atoms with Crippen molar-refractivity contribution in [3.05, 3.63) is 72.9 Å². The van der Waals surface area contributed by atoms with Gasteiger partial charge in [0.1, 0.15) is 12.3 Å². The molecular formula is C21H19N7O3. The Balaban J connectivity index is 1.21. The molecule has 10 heteroatoms. The van der Waals surface area contributed by atoms with E-state index in [9.17, 15) is 9.59 Å². The number of nitrogens with zero attached hydrogens (tertiary/aromatic N) is 5. The lowest BCUT2D eigenvalue weighted by molar-refractivity contribution is 0.181. The van der Waals surface area contributed by atoms with Gasteiger partial charge in [-0.1, -0.05) is 12.1 Å². The maximum atomic E-state index is 12.4. The second-order valence-corrected chi connectivity index (χ2v) is 7.02. The molecule has 4 aromatic rings. The largest absolute Gasteiger partial charge is 0.447 e. The average molecular weight is 417 g/mol. The lowest BCUT2D eigenvalue weighted by atomic mass is 10.2. The fraction of sp³-hybridized carbons (Fsp3) is 0.143. The number of urea groups is 1. The molecule has 5 rings (SSSR count). The first-order chi connectivity index (χ1) is 15.1. The Morgan fingerprint density at radius 1 is 1.10 bits per heavy atom. The second-order valence-electron chi connectivity index (χ2n) is 7.02. The van der Waals surface area contributed by atoms with Gasteiger partial charge in [-0.05, 0) is 30.3 Å². The summed E-state index contributed by atoms with van der Waals surface area (Å²) in [6.45, 7) is 1.33. The number of ether oxygens (including phenoxy) is 1. The van der Waals surface area contributed by atoms with Gasteiger partial charge in [0.25, 0.3) is 0 Å². The van der Waals surface area contributed by atoms with Gasteiger partial charge in [-0.25, -0.2) is 14.6 Å². The summed E-state index contributed by atoms with van der Waals surface area (Å²) in [7, 11) is 0. The summed E-state index contributed by atoms with van der Waals surface area (Å²) in [4.78, 5) is 30.2. The Kier molecular flexibility index (Phi) is 4.71. The first-order valence-electron chi connectivity index (χ1n) is 9.71. The highest BCUT2D eigenvalue weighted by atomic mass is 16.6. The number of anilines is 3. The van der Waals surface area contributed by atoms with Gasteiger partial charge in [0.05, 0.1) is 30.7 Å². The van der Waals surface area contributed by atoms with E-state index in [1.165, 1.54) is 4.90 Å². The van der Waals surface area contributed by atoms with Crippen LogP contribution in [-0.2, 0) is 11.3 Å². The number of aromatic nitrogens is 4. The number of cyclic esters (lactones) is 1. The van der Waals surface area contributed by atoms with Crippen molar-refractivity contribution in [2.45, 2.75) is 6.54 Å². The van der Waals surface area contributed by atoms with Gasteiger partial charge >= 0.3 is 12.1 Å². The fourth-order valence-electron chi connectivity index (χ4n) is 3.42. The predicted octanol–water partition coefficient (Wildman–Crippen LogP) is 3.18. The highest BCUT2D eigenvalue weighted by molar-refractivity contribution is 6.00. The Morgan fingerprint density at radius 2 is 2.00 bits per heavy atom. The third-order valence-electron chi connectivity index (χ3n) is 4.81. The molecule has 0 spiro atoms. The van der Waals surface area contributed by atoms with E-state index < -0.39 is 6.03 Å². The van der Waals surface area contributed by atoms with Crippen LogP contribution in [0, 0.1) is 0 Å². The molecule has 156 valence electrons. The van der Waals surface area contributed by atoms with Gasteiger partial charge in [0, 0.05) is 30.0 Å². The van der Waals surface area contributed by atoms with Crippen LogP contribution in [0.15, 0.2) is 67.3 Å². The summed E-state index contributed by atoms with van der Waals surface area (Å²) < 4.78 is 8.61. The second kappa shape index (κ2) is 7.82. The lowest BCUT2D eigenvalue weighted by Crippen LogP contribution is -2.24. The molecule has 4 heterocycles. The van der Waals surface area contributed by atoms with E-state index in [1.807, 2.05) is 35.0 Å². The van der Waals surface area contributed by atoms with Crippen LogP contribution in [0.25, 0.3) is 5.65 Å². The molecule has 0 bridgehead atoms. The molecule has 0 saturated carbocycles. The van der Waals surface area contributed by atoms with Gasteiger partial charge < -0.3 is 19.8 Å². The molecule has 3 aromatic heterocycles. The van der Waals surface area contributed by atoms with E-state index in [2.05, 4.69) is 20.7 Å². The maximum absolute atomic E-state index is 12.4. The van der Waals surface area contributed by atoms with Crippen LogP contribution < -0.4 is 15.5 Å². The number of pyridine rings is 1. The fourth-order valence-corrected chi connectivity index (χ4v) is 3.42. The van der Waals surface area contributed by atoms with Crippen molar-refractivity contribution in [1.29, 1.82) is 0 Å². The molecule has 1 aliphatic heterocycles. The van der Waals surface area contributed by atoms with Crippen LogP contribution in [0.3, 0.4) is 0 Å². The van der Waals surface area contributed by atoms with Gasteiger partial charge in [0.15, 0.2) is 0 Å². The van der Waals surface area contributed by atoms with Crippen LogP contribution in [-0.4, -0.2) is 44.4 Å². The molecule has 2 N–H and O–H groups in total. The van der Waals surface area contributed by atoms with Crippen molar-refractivity contribution in [1.82, 2.24) is 19.2 Å². The number of carbonyl (C=O) groups is 2. The number of amides is 3. The smallest absolute Gasteiger partial charge is 0.414 e. The molecule has 0 aliphatic carbocycles. The maximum Gasteiger partial charge on any atom is 0.414 e. The summed E-state index contributed by atoms with van der Waals surface area (Å²) in [5.74, 6) is 0. The molecule has 1 aliphatic rings. The van der Waals surface area contributed by atoms with Crippen LogP contribution in [0.2, 0.25) is 0 Å². The van der Waals surface area contributed by atoms with Crippen LogP contribution >= 0.6 is 0 Å². The van der Waals surface area contributed by atoms with E-state index in [1.54, 1.807) is 41.3 Å². The predicted molar refractivity (Wildman–Crippen MR) is 114 cm³/mol. The molecule has 0 unspecified atom stereocenters. The highest BCUT2D eigenvalue weighted by Crippen LogP contribution is 2.22. The minimum Gasteiger partial charge on any atom is -0.447 e. The molecule has 1 aromatic carbocycles. The summed E-state index contributed by atoms with van der Waals surface area (Å²) in [5, 5.41) is 9.80. The van der Waals surface area contributed by atoms with E-state index >= 15 is 0 Å². The number of rotatable bonds is 5. The third-order valence-corrected chi connectivity index (χ3v) is 4.81. The van der Waals surface area contributed by atoms with Crippen molar-refractivity contribution in [2.24, 2.45) is 0 Å². The minimum absolute atomic E-state index is 0.357. The molecule has 3 amide bonds. The topological polar surface area (TPSA) is 106 Å². The molecule has 0 atom stereocenters. The van der Waals surface area contributed by atoms with Crippen molar-refractivity contribution < 1.29 is 14.3 Å². The van der Waals surface area contributed by atoms with Crippen molar-refractivity contribution in [3.63, 3.8) is 0 Å². The summed E-state index contributed by atoms with van der Waals surface area (Å²) in [6, 6.07) is 12.4. The monoisotopic (exact) mass is 417 g/mol. The molecule has 10 nitrogen and oxygen atoms in total. The van der Waals surface area contributed by atoms with Crippen molar-refractivity contribution in [3.8, 4) is 0 Å². The Labute approximate surface area is 177 Å². The first-order valence-corrected chi connectivity index (χ1v) is 9.71. The van der Waals surface area contributed by atoms with Gasteiger partial charge in [-0.2, -0.15) is 5.10 Å². The Hall–Kier alpha value is -4.34. The zero-order valence-corrected chi connectivity index (χ0v) is 16.4. The number of carbonyl (C=O) groups excluding carboxylic acids is 2. The zero-order chi connectivity index (χ0) is 21.2. The summed E-state index contributed by atoms with van der Waals surface area (Å²) in [5.41, 5.74) is 3.52. The van der Waals surface area contributed by atoms with E-state index in [-0.39, 0.29) is 6.09 Å². The molecular weight excluding hydrogens is 398 g/mol. The van der Waals surface area contributed by atoms with Crippen molar-refractivity contribution in [2.75, 3.05) is 28.7 Å². The van der Waals surface area contributed by atoms with E-state index in [0.717, 1.165) is 11.3 Å². The molecule has 1 saturated heterocycles.